The van der Waals surface area contributed by atoms with Gasteiger partial charge in [0.2, 0.25) is 11.0 Å². The van der Waals surface area contributed by atoms with Gasteiger partial charge in [0, 0.05) is 10.6 Å². The van der Waals surface area contributed by atoms with Gasteiger partial charge >= 0.3 is 0 Å². The van der Waals surface area contributed by atoms with Crippen LogP contribution in [0.5, 0.6) is 11.5 Å². The number of thioether (sulfide) groups is 1. The summed E-state index contributed by atoms with van der Waals surface area (Å²) in [6, 6.07) is 12.3. The number of nitrogens with zero attached hydrogens (tertiary/aromatic N) is 4. The Morgan fingerprint density at radius 3 is 2.62 bits per heavy atom. The molecule has 0 amide bonds. The van der Waals surface area contributed by atoms with E-state index < -0.39 is 12.2 Å². The second-order valence-corrected chi connectivity index (χ2v) is 6.93. The molecule has 0 aliphatic rings. The number of hydrogen-bond acceptors (Lipinski definition) is 6. The van der Waals surface area contributed by atoms with E-state index in [0.29, 0.717) is 22.1 Å². The third kappa shape index (κ3) is 5.24. The van der Waals surface area contributed by atoms with Crippen molar-refractivity contribution < 1.29 is 18.3 Å². The van der Waals surface area contributed by atoms with Gasteiger partial charge in [-0.05, 0) is 54.3 Å². The highest BCUT2D eigenvalue weighted by Gasteiger charge is 2.19. The van der Waals surface area contributed by atoms with E-state index >= 15 is 0 Å². The maximum atomic E-state index is 13.1. The first-order valence-electron chi connectivity index (χ1n) is 8.39. The second-order valence-electron chi connectivity index (χ2n) is 5.72. The average molecular weight is 439 g/mol. The summed E-state index contributed by atoms with van der Waals surface area (Å²) in [6.45, 7) is 0.247. The average Bonchev–Trinajstić information content (AvgIpc) is 3.15. The predicted octanol–water partition coefficient (Wildman–Crippen LogP) is 5.06. The van der Waals surface area contributed by atoms with E-state index in [0.717, 1.165) is 10.2 Å². The first kappa shape index (κ1) is 21.1. The molecule has 0 aliphatic carbocycles. The minimum absolute atomic E-state index is 0.247. The lowest BCUT2D eigenvalue weighted by Crippen LogP contribution is -2.02. The van der Waals surface area contributed by atoms with Crippen molar-refractivity contribution in [2.24, 2.45) is 5.10 Å². The summed E-state index contributed by atoms with van der Waals surface area (Å²) >= 11 is 7.05. The van der Waals surface area contributed by atoms with Gasteiger partial charge in [0.15, 0.2) is 0 Å². The minimum Gasteiger partial charge on any atom is -0.496 e. The van der Waals surface area contributed by atoms with Crippen molar-refractivity contribution in [3.63, 3.8) is 0 Å². The molecule has 29 heavy (non-hydrogen) atoms. The summed E-state index contributed by atoms with van der Waals surface area (Å²) < 4.78 is 38.4. The van der Waals surface area contributed by atoms with Gasteiger partial charge in [-0.1, -0.05) is 23.4 Å². The van der Waals surface area contributed by atoms with Crippen LogP contribution < -0.4 is 9.47 Å². The first-order chi connectivity index (χ1) is 14.0. The van der Waals surface area contributed by atoms with E-state index in [4.69, 9.17) is 21.1 Å². The van der Waals surface area contributed by atoms with Crippen LogP contribution in [-0.4, -0.2) is 34.5 Å². The second kappa shape index (κ2) is 9.71. The Hall–Kier alpha value is -2.65. The smallest absolute Gasteiger partial charge is 0.299 e. The fraction of sp³-hybridized carbons (Fsp3) is 0.211. The van der Waals surface area contributed by atoms with Gasteiger partial charge < -0.3 is 9.47 Å². The van der Waals surface area contributed by atoms with Crippen LogP contribution >= 0.6 is 23.4 Å². The third-order valence-corrected chi connectivity index (χ3v) is 4.72. The highest BCUT2D eigenvalue weighted by Crippen LogP contribution is 2.24. The monoisotopic (exact) mass is 438 g/mol. The van der Waals surface area contributed by atoms with Gasteiger partial charge in [0.1, 0.15) is 18.1 Å². The highest BCUT2D eigenvalue weighted by molar-refractivity contribution is 7.98. The number of halogens is 3. The number of alkyl halides is 2. The highest BCUT2D eigenvalue weighted by atomic mass is 35.5. The Kier molecular flexibility index (Phi) is 7.05. The SMILES string of the molecule is COc1ccc(/C=N\n2c(SC)nnc2C(F)F)cc1COc1ccc(Cl)cc1. The molecular weight excluding hydrogens is 422 g/mol. The molecule has 0 unspecified atom stereocenters. The van der Waals surface area contributed by atoms with Crippen molar-refractivity contribution in [1.82, 2.24) is 14.9 Å². The molecule has 0 saturated carbocycles. The van der Waals surface area contributed by atoms with Crippen LogP contribution in [0.15, 0.2) is 52.7 Å². The standard InChI is InChI=1S/C19H17ClF2N4O2S/c1-27-16-8-3-12(9-13(16)11-28-15-6-4-14(20)5-7-15)10-23-26-18(17(21)22)24-25-19(26)29-2/h3-10,17H,11H2,1-2H3/b23-10-. The van der Waals surface area contributed by atoms with Gasteiger partial charge in [-0.15, -0.1) is 10.2 Å². The molecule has 0 spiro atoms. The zero-order valence-corrected chi connectivity index (χ0v) is 17.1. The predicted molar refractivity (Wildman–Crippen MR) is 109 cm³/mol. The Labute approximate surface area is 175 Å². The van der Waals surface area contributed by atoms with Gasteiger partial charge in [-0.25, -0.2) is 8.78 Å². The Balaban J connectivity index is 1.82. The molecule has 152 valence electrons. The lowest BCUT2D eigenvalue weighted by atomic mass is 10.1. The van der Waals surface area contributed by atoms with Crippen molar-refractivity contribution in [1.29, 1.82) is 0 Å². The maximum absolute atomic E-state index is 13.1. The topological polar surface area (TPSA) is 61.5 Å². The van der Waals surface area contributed by atoms with Crippen LogP contribution in [0.25, 0.3) is 0 Å². The molecule has 0 radical (unpaired) electrons. The molecule has 0 atom stereocenters. The Morgan fingerprint density at radius 1 is 1.21 bits per heavy atom. The Bertz CT molecular complexity index is 996. The van der Waals surface area contributed by atoms with E-state index in [9.17, 15) is 8.78 Å². The van der Waals surface area contributed by atoms with E-state index in [1.807, 2.05) is 6.07 Å². The van der Waals surface area contributed by atoms with Gasteiger partial charge in [-0.2, -0.15) is 9.78 Å². The van der Waals surface area contributed by atoms with Crippen LogP contribution in [0, 0.1) is 0 Å². The minimum atomic E-state index is -2.78. The molecular formula is C19H17ClF2N4O2S. The normalized spacial score (nSPS) is 11.4. The third-order valence-electron chi connectivity index (χ3n) is 3.85. The fourth-order valence-electron chi connectivity index (χ4n) is 2.46. The number of methoxy groups -OCH3 is 1. The molecule has 0 fully saturated rings. The van der Waals surface area contributed by atoms with Crippen LogP contribution in [0.3, 0.4) is 0 Å². The summed E-state index contributed by atoms with van der Waals surface area (Å²) in [5.74, 6) is 0.787. The fourth-order valence-corrected chi connectivity index (χ4v) is 3.02. The van der Waals surface area contributed by atoms with Gasteiger partial charge in [-0.3, -0.25) is 0 Å². The van der Waals surface area contributed by atoms with Crippen molar-refractivity contribution in [3.8, 4) is 11.5 Å². The van der Waals surface area contributed by atoms with Gasteiger partial charge in [0.25, 0.3) is 6.43 Å². The largest absolute Gasteiger partial charge is 0.496 e. The van der Waals surface area contributed by atoms with E-state index in [1.165, 1.54) is 18.0 Å². The first-order valence-corrected chi connectivity index (χ1v) is 9.99. The molecule has 3 rings (SSSR count). The van der Waals surface area contributed by atoms with Crippen LogP contribution in [0.4, 0.5) is 8.78 Å². The number of benzene rings is 2. The summed E-state index contributed by atoms with van der Waals surface area (Å²) in [7, 11) is 1.56. The van der Waals surface area contributed by atoms with Crippen molar-refractivity contribution >= 4 is 29.6 Å². The molecule has 0 N–H and O–H groups in total. The lowest BCUT2D eigenvalue weighted by molar-refractivity contribution is 0.135. The Morgan fingerprint density at radius 2 is 1.97 bits per heavy atom. The quantitative estimate of drug-likeness (QED) is 0.363. The van der Waals surface area contributed by atoms with E-state index in [-0.39, 0.29) is 11.8 Å². The summed E-state index contributed by atoms with van der Waals surface area (Å²) in [6.07, 6.45) is 0.394. The van der Waals surface area contributed by atoms with Crippen LogP contribution in [0.1, 0.15) is 23.4 Å². The molecule has 3 aromatic rings. The van der Waals surface area contributed by atoms with E-state index in [1.54, 1.807) is 49.8 Å². The number of hydrogen-bond donors (Lipinski definition) is 0. The summed E-state index contributed by atoms with van der Waals surface area (Å²) in [5, 5.41) is 12.2. The van der Waals surface area contributed by atoms with Crippen molar-refractivity contribution in [3.05, 3.63) is 64.4 Å². The maximum Gasteiger partial charge on any atom is 0.299 e. The van der Waals surface area contributed by atoms with Gasteiger partial charge in [0.05, 0.1) is 13.3 Å². The summed E-state index contributed by atoms with van der Waals surface area (Å²) in [5.41, 5.74) is 1.45. The molecule has 0 saturated heterocycles. The summed E-state index contributed by atoms with van der Waals surface area (Å²) in [4.78, 5) is 0. The van der Waals surface area contributed by atoms with Crippen LogP contribution in [0.2, 0.25) is 5.02 Å². The lowest BCUT2D eigenvalue weighted by Gasteiger charge is -2.11. The molecule has 1 heterocycles. The molecule has 0 aliphatic heterocycles. The molecule has 2 aromatic carbocycles. The van der Waals surface area contributed by atoms with Crippen molar-refractivity contribution in [2.75, 3.05) is 13.4 Å². The van der Waals surface area contributed by atoms with E-state index in [2.05, 4.69) is 15.3 Å². The molecule has 10 heteroatoms. The zero-order valence-electron chi connectivity index (χ0n) is 15.6. The van der Waals surface area contributed by atoms with Crippen molar-refractivity contribution in [2.45, 2.75) is 18.2 Å². The zero-order chi connectivity index (χ0) is 20.8. The number of aromatic nitrogens is 3. The molecule has 1 aromatic heterocycles. The number of rotatable bonds is 8. The number of ether oxygens (including phenoxy) is 2. The van der Waals surface area contributed by atoms with Crippen LogP contribution in [-0.2, 0) is 6.61 Å². The molecule has 0 bridgehead atoms. The molecule has 6 nitrogen and oxygen atoms in total.